The Bertz CT molecular complexity index is 1820. The maximum atomic E-state index is 15.2. The lowest BCUT2D eigenvalue weighted by Crippen LogP contribution is -2.34. The molecule has 0 saturated carbocycles. The lowest BCUT2D eigenvalue weighted by Gasteiger charge is -2.24. The van der Waals surface area contributed by atoms with Crippen LogP contribution < -0.4 is 15.9 Å². The summed E-state index contributed by atoms with van der Waals surface area (Å²) in [6, 6.07) is 17.1. The maximum Gasteiger partial charge on any atom is 0.183 e. The summed E-state index contributed by atoms with van der Waals surface area (Å²) in [7, 11) is -5.22. The van der Waals surface area contributed by atoms with E-state index in [0.717, 1.165) is 16.2 Å². The van der Waals surface area contributed by atoms with Crippen LogP contribution in [-0.4, -0.2) is 0 Å². The molecule has 0 bridgehead atoms. The Kier molecular flexibility index (Phi) is 4.92. The van der Waals surface area contributed by atoms with Crippen molar-refractivity contribution in [2.24, 2.45) is 0 Å². The second-order valence-electron chi connectivity index (χ2n) is 8.43. The zero-order valence-corrected chi connectivity index (χ0v) is 19.0. The highest BCUT2D eigenvalue weighted by molar-refractivity contribution is 7.85. The Morgan fingerprint density at radius 2 is 0.917 bits per heavy atom. The van der Waals surface area contributed by atoms with Crippen LogP contribution in [0, 0.1) is 34.9 Å². The minimum Gasteiger partial charge on any atom is -0.308 e. The van der Waals surface area contributed by atoms with E-state index in [2.05, 4.69) is 0 Å². The highest BCUT2D eigenvalue weighted by Gasteiger charge is 2.43. The van der Waals surface area contributed by atoms with E-state index in [0.29, 0.717) is 35.0 Å². The summed E-state index contributed by atoms with van der Waals surface area (Å²) in [6.07, 6.45) is 0. The highest BCUT2D eigenvalue weighted by atomic mass is 31.2. The van der Waals surface area contributed by atoms with Crippen molar-refractivity contribution in [3.8, 4) is 0 Å². The van der Waals surface area contributed by atoms with E-state index in [1.165, 1.54) is 18.2 Å². The monoisotopic (exact) mass is 510 g/mol. The third kappa shape index (κ3) is 2.96. The highest BCUT2D eigenvalue weighted by Crippen LogP contribution is 2.49. The van der Waals surface area contributed by atoms with Crippen molar-refractivity contribution in [2.75, 3.05) is 0 Å². The lowest BCUT2D eigenvalue weighted by molar-refractivity contribution is 0.497. The SMILES string of the molecule is O=P(c1c(F)ccc(F)c1F)(c1c(F)ccc(F)c1F)c1ccc2ccc3cccc4ccc1c2c34. The first-order valence-corrected chi connectivity index (χ1v) is 12.5. The van der Waals surface area contributed by atoms with Gasteiger partial charge in [0.2, 0.25) is 0 Å². The zero-order valence-electron chi connectivity index (χ0n) is 18.1. The van der Waals surface area contributed by atoms with Gasteiger partial charge in [0.25, 0.3) is 0 Å². The predicted octanol–water partition coefficient (Wildman–Crippen LogP) is 7.06. The summed E-state index contributed by atoms with van der Waals surface area (Å²) in [5.41, 5.74) is 0. The normalized spacial score (nSPS) is 12.3. The fourth-order valence-electron chi connectivity index (χ4n) is 4.96. The first kappa shape index (κ1) is 22.6. The van der Waals surface area contributed by atoms with Crippen molar-refractivity contribution >= 4 is 55.4 Å². The van der Waals surface area contributed by atoms with E-state index in [4.69, 9.17) is 0 Å². The largest absolute Gasteiger partial charge is 0.308 e. The van der Waals surface area contributed by atoms with Crippen LogP contribution in [-0.2, 0) is 4.57 Å². The van der Waals surface area contributed by atoms with Gasteiger partial charge in [0, 0.05) is 5.30 Å². The topological polar surface area (TPSA) is 17.1 Å². The fourth-order valence-corrected chi connectivity index (χ4v) is 7.99. The zero-order chi connectivity index (χ0) is 25.4. The van der Waals surface area contributed by atoms with Crippen LogP contribution in [0.1, 0.15) is 0 Å². The van der Waals surface area contributed by atoms with E-state index in [-0.39, 0.29) is 10.7 Å². The fraction of sp³-hybridized carbons (Fsp3) is 0. The smallest absolute Gasteiger partial charge is 0.183 e. The number of halogens is 6. The Balaban J connectivity index is 1.86. The number of hydrogen-bond donors (Lipinski definition) is 0. The molecule has 0 radical (unpaired) electrons. The van der Waals surface area contributed by atoms with Crippen molar-refractivity contribution in [3.63, 3.8) is 0 Å². The first-order chi connectivity index (χ1) is 17.2. The molecule has 0 aliphatic rings. The summed E-state index contributed by atoms with van der Waals surface area (Å²) in [5.74, 6) is -9.83. The number of rotatable bonds is 3. The number of benzene rings is 6. The van der Waals surface area contributed by atoms with Crippen molar-refractivity contribution in [1.29, 1.82) is 0 Å². The maximum absolute atomic E-state index is 15.2. The molecular weight excluding hydrogens is 497 g/mol. The molecule has 0 saturated heterocycles. The van der Waals surface area contributed by atoms with E-state index in [1.807, 2.05) is 24.3 Å². The van der Waals surface area contributed by atoms with Gasteiger partial charge in [0.15, 0.2) is 30.4 Å². The van der Waals surface area contributed by atoms with Gasteiger partial charge in [-0.3, -0.25) is 0 Å². The van der Waals surface area contributed by atoms with Crippen LogP contribution in [0.4, 0.5) is 26.3 Å². The third-order valence-electron chi connectivity index (χ3n) is 6.51. The van der Waals surface area contributed by atoms with Crippen molar-refractivity contribution in [1.82, 2.24) is 0 Å². The molecular formula is C28H13F6OP. The van der Waals surface area contributed by atoms with Crippen LogP contribution in [0.15, 0.2) is 78.9 Å². The molecule has 1 nitrogen and oxygen atoms in total. The Morgan fingerprint density at radius 1 is 0.472 bits per heavy atom. The molecule has 0 aliphatic carbocycles. The molecule has 36 heavy (non-hydrogen) atoms. The molecule has 0 N–H and O–H groups in total. The summed E-state index contributed by atoms with van der Waals surface area (Å²) in [6.45, 7) is 0. The van der Waals surface area contributed by atoms with Gasteiger partial charge in [-0.2, -0.15) is 0 Å². The lowest BCUT2D eigenvalue weighted by atomic mass is 9.94. The van der Waals surface area contributed by atoms with E-state index in [9.17, 15) is 13.3 Å². The standard InChI is InChI=1S/C28H13F6OP/c29-18-9-11-20(31)27(25(18)33)36(35,28-21(32)12-10-19(30)26(28)34)22-13-7-16-5-4-14-2-1-3-15-6-8-17(22)24(16)23(14)15/h1-13H. The average Bonchev–Trinajstić information content (AvgIpc) is 2.87. The molecule has 0 amide bonds. The molecule has 0 fully saturated rings. The van der Waals surface area contributed by atoms with Crippen LogP contribution >= 0.6 is 7.14 Å². The molecule has 0 aromatic heterocycles. The molecule has 6 aromatic carbocycles. The van der Waals surface area contributed by atoms with Crippen LogP contribution in [0.5, 0.6) is 0 Å². The van der Waals surface area contributed by atoms with Gasteiger partial charge in [0.1, 0.15) is 11.6 Å². The van der Waals surface area contributed by atoms with Crippen LogP contribution in [0.3, 0.4) is 0 Å². The Hall–Kier alpha value is -3.83. The predicted molar refractivity (Wildman–Crippen MR) is 129 cm³/mol. The molecule has 0 spiro atoms. The summed E-state index contributed by atoms with van der Waals surface area (Å²) < 4.78 is 104. The van der Waals surface area contributed by atoms with Crippen molar-refractivity contribution in [3.05, 3.63) is 114 Å². The van der Waals surface area contributed by atoms with E-state index in [1.54, 1.807) is 12.1 Å². The van der Waals surface area contributed by atoms with Crippen LogP contribution in [0.25, 0.3) is 32.3 Å². The summed E-state index contributed by atoms with van der Waals surface area (Å²) in [5, 5.41) is 0.685. The minimum atomic E-state index is -5.22. The summed E-state index contributed by atoms with van der Waals surface area (Å²) in [4.78, 5) is 0. The Morgan fingerprint density at radius 3 is 1.47 bits per heavy atom. The molecule has 0 aliphatic heterocycles. The molecule has 8 heteroatoms. The molecule has 0 unspecified atom stereocenters. The van der Waals surface area contributed by atoms with Gasteiger partial charge in [-0.1, -0.05) is 48.5 Å². The molecule has 0 heterocycles. The second-order valence-corrected chi connectivity index (χ2v) is 11.0. The quantitative estimate of drug-likeness (QED) is 0.108. The van der Waals surface area contributed by atoms with E-state index < -0.39 is 52.7 Å². The number of hydrogen-bond acceptors (Lipinski definition) is 1. The first-order valence-electron chi connectivity index (χ1n) is 10.8. The molecule has 6 aromatic rings. The van der Waals surface area contributed by atoms with Crippen molar-refractivity contribution in [2.45, 2.75) is 0 Å². The van der Waals surface area contributed by atoms with Gasteiger partial charge >= 0.3 is 0 Å². The van der Waals surface area contributed by atoms with Gasteiger partial charge in [-0.25, -0.2) is 26.3 Å². The van der Waals surface area contributed by atoms with Crippen molar-refractivity contribution < 1.29 is 30.9 Å². The average molecular weight is 510 g/mol. The Labute approximate surface area is 200 Å². The third-order valence-corrected chi connectivity index (χ3v) is 9.66. The molecule has 178 valence electrons. The molecule has 6 rings (SSSR count). The molecule has 0 atom stereocenters. The van der Waals surface area contributed by atoms with Gasteiger partial charge in [-0.05, 0) is 62.6 Å². The van der Waals surface area contributed by atoms with Crippen LogP contribution in [0.2, 0.25) is 0 Å². The summed E-state index contributed by atoms with van der Waals surface area (Å²) >= 11 is 0. The van der Waals surface area contributed by atoms with Gasteiger partial charge < -0.3 is 4.57 Å². The van der Waals surface area contributed by atoms with Gasteiger partial charge in [-0.15, -0.1) is 0 Å². The second kappa shape index (κ2) is 7.84. The van der Waals surface area contributed by atoms with E-state index >= 15 is 17.6 Å². The van der Waals surface area contributed by atoms with Gasteiger partial charge in [0.05, 0.1) is 10.6 Å². The minimum absolute atomic E-state index is 0.186.